The molecule has 2 aromatic rings. The van der Waals surface area contributed by atoms with E-state index in [1.165, 1.54) is 15.0 Å². The smallest absolute Gasteiger partial charge is 1.00 e. The average Bonchev–Trinajstić information content (AvgIpc) is 2.35. The quantitative estimate of drug-likeness (QED) is 0.492. The first kappa shape index (κ1) is 9.23. The molecule has 2 aromatic heterocycles. The molecule has 3 heteroatoms. The zero-order valence-electron chi connectivity index (χ0n) is 6.68. The van der Waals surface area contributed by atoms with Crippen LogP contribution in [0.25, 0.3) is 9.40 Å². The molecule has 0 saturated heterocycles. The van der Waals surface area contributed by atoms with Crippen molar-refractivity contribution in [2.24, 2.45) is 0 Å². The monoisotopic (exact) mass is 242 g/mol. The molecule has 0 unspecified atom stereocenters. The van der Waals surface area contributed by atoms with Crippen molar-refractivity contribution in [1.82, 2.24) is 0 Å². The molecule has 0 nitrogen and oxygen atoms in total. The predicted molar refractivity (Wildman–Crippen MR) is 50.1 cm³/mol. The Morgan fingerprint density at radius 2 is 2.30 bits per heavy atom. The zero-order chi connectivity index (χ0) is 6.27. The van der Waals surface area contributed by atoms with Crippen molar-refractivity contribution in [2.75, 3.05) is 0 Å². The molecular formula is C7H6S2Sr. The summed E-state index contributed by atoms with van der Waals surface area (Å²) in [6.45, 7) is 2.14. The standard InChI is InChI=1S/C7H5S2.Sr.H/c1-5-4-9-6-2-3-8-7(5)6;;/h3-4H,1H3;;/q-1;+2;-1. The molecule has 0 amide bonds. The van der Waals surface area contributed by atoms with E-state index in [-0.39, 0.29) is 46.9 Å². The predicted octanol–water partition coefficient (Wildman–Crippen LogP) is 2.80. The summed E-state index contributed by atoms with van der Waals surface area (Å²) in [7, 11) is 0. The molecule has 0 aliphatic rings. The number of aryl methyl sites for hydroxylation is 1. The molecule has 0 aliphatic heterocycles. The van der Waals surface area contributed by atoms with Crippen LogP contribution in [0.1, 0.15) is 6.99 Å². The maximum absolute atomic E-state index is 3.18. The van der Waals surface area contributed by atoms with Crippen molar-refractivity contribution in [2.45, 2.75) is 6.92 Å². The van der Waals surface area contributed by atoms with Gasteiger partial charge in [0.05, 0.1) is 0 Å². The topological polar surface area (TPSA) is 0 Å². The Morgan fingerprint density at radius 1 is 1.50 bits per heavy atom. The first-order valence-electron chi connectivity index (χ1n) is 2.71. The van der Waals surface area contributed by atoms with Gasteiger partial charge in [-0.1, -0.05) is 6.92 Å². The maximum atomic E-state index is 3.18. The minimum absolute atomic E-state index is 0. The average molecular weight is 242 g/mol. The van der Waals surface area contributed by atoms with Crippen molar-refractivity contribution >= 4 is 77.6 Å². The Bertz CT molecular complexity index is 326. The van der Waals surface area contributed by atoms with Crippen LogP contribution in [0, 0.1) is 13.0 Å². The van der Waals surface area contributed by atoms with E-state index in [1.807, 2.05) is 5.38 Å². The van der Waals surface area contributed by atoms with Gasteiger partial charge < -0.3 is 1.43 Å². The summed E-state index contributed by atoms with van der Waals surface area (Å²) in [5, 5.41) is 4.20. The summed E-state index contributed by atoms with van der Waals surface area (Å²) in [5.74, 6) is 0. The van der Waals surface area contributed by atoms with Gasteiger partial charge in [-0.15, -0.1) is 20.3 Å². The summed E-state index contributed by atoms with van der Waals surface area (Å²) < 4.78 is 2.71. The van der Waals surface area contributed by atoms with Crippen molar-refractivity contribution in [1.29, 1.82) is 0 Å². The van der Waals surface area contributed by atoms with Crippen LogP contribution in [0.5, 0.6) is 0 Å². The fraction of sp³-hybridized carbons (Fsp3) is 0.143. The minimum atomic E-state index is 0. The van der Waals surface area contributed by atoms with Gasteiger partial charge in [-0.3, -0.25) is 11.3 Å². The van der Waals surface area contributed by atoms with E-state index in [0.717, 1.165) is 0 Å². The number of fused-ring (bicyclic) bond motifs is 1. The maximum Gasteiger partial charge on any atom is 2.00 e. The van der Waals surface area contributed by atoms with Gasteiger partial charge in [0, 0.05) is 0 Å². The van der Waals surface area contributed by atoms with Crippen LogP contribution in [0.15, 0.2) is 10.8 Å². The van der Waals surface area contributed by atoms with E-state index in [2.05, 4.69) is 18.4 Å². The van der Waals surface area contributed by atoms with Gasteiger partial charge in [0.2, 0.25) is 0 Å². The van der Waals surface area contributed by atoms with Gasteiger partial charge in [-0.05, 0) is 5.38 Å². The van der Waals surface area contributed by atoms with Crippen LogP contribution < -0.4 is 0 Å². The Kier molecular flexibility index (Phi) is 3.41. The molecule has 48 valence electrons. The molecule has 2 rings (SSSR count). The Hall–Kier alpha value is 1.14. The summed E-state index contributed by atoms with van der Waals surface area (Å²) in [6, 6.07) is 3.18. The van der Waals surface area contributed by atoms with E-state index in [4.69, 9.17) is 0 Å². The summed E-state index contributed by atoms with van der Waals surface area (Å²) in [4.78, 5) is 0. The zero-order valence-corrected chi connectivity index (χ0v) is 10.8. The molecule has 0 saturated carbocycles. The Morgan fingerprint density at radius 3 is 3.00 bits per heavy atom. The Labute approximate surface area is 107 Å². The van der Waals surface area contributed by atoms with Crippen molar-refractivity contribution in [3.63, 3.8) is 0 Å². The van der Waals surface area contributed by atoms with E-state index < -0.39 is 0 Å². The molecule has 0 aliphatic carbocycles. The van der Waals surface area contributed by atoms with Gasteiger partial charge in [-0.2, -0.15) is 11.3 Å². The summed E-state index contributed by atoms with van der Waals surface area (Å²) >= 11 is 3.55. The molecule has 10 heavy (non-hydrogen) atoms. The number of hydrogen-bond donors (Lipinski definition) is 0. The molecule has 2 heterocycles. The normalized spacial score (nSPS) is 9.70. The second-order valence-corrected chi connectivity index (χ2v) is 3.72. The number of thiophene rings is 2. The van der Waals surface area contributed by atoms with E-state index >= 15 is 0 Å². The molecule has 0 bridgehead atoms. The van der Waals surface area contributed by atoms with Crippen LogP contribution in [0.3, 0.4) is 0 Å². The number of hydrogen-bond acceptors (Lipinski definition) is 2. The summed E-state index contributed by atoms with van der Waals surface area (Å²) in [6.07, 6.45) is 0. The van der Waals surface area contributed by atoms with Gasteiger partial charge >= 0.3 is 45.5 Å². The van der Waals surface area contributed by atoms with Crippen molar-refractivity contribution < 1.29 is 1.43 Å². The first-order chi connectivity index (χ1) is 4.38. The van der Waals surface area contributed by atoms with Crippen molar-refractivity contribution in [3.05, 3.63) is 22.4 Å². The third-order valence-electron chi connectivity index (χ3n) is 1.28. The van der Waals surface area contributed by atoms with Crippen LogP contribution in [0.4, 0.5) is 0 Å². The first-order valence-corrected chi connectivity index (χ1v) is 4.47. The third kappa shape index (κ3) is 1.49. The van der Waals surface area contributed by atoms with E-state index in [1.54, 1.807) is 22.7 Å². The Balaban J connectivity index is 0.000000500. The van der Waals surface area contributed by atoms with Crippen LogP contribution in [-0.4, -0.2) is 45.5 Å². The molecule has 0 N–H and O–H groups in total. The fourth-order valence-corrected chi connectivity index (χ4v) is 2.77. The van der Waals surface area contributed by atoms with Gasteiger partial charge in [0.1, 0.15) is 0 Å². The van der Waals surface area contributed by atoms with Crippen LogP contribution in [-0.2, 0) is 0 Å². The summed E-state index contributed by atoms with van der Waals surface area (Å²) in [5.41, 5.74) is 1.39. The largest absolute Gasteiger partial charge is 2.00 e. The molecule has 0 aromatic carbocycles. The fourth-order valence-electron chi connectivity index (χ4n) is 0.821. The van der Waals surface area contributed by atoms with Crippen LogP contribution in [0.2, 0.25) is 0 Å². The van der Waals surface area contributed by atoms with Gasteiger partial charge in [0.15, 0.2) is 0 Å². The van der Waals surface area contributed by atoms with Gasteiger partial charge in [0.25, 0.3) is 0 Å². The van der Waals surface area contributed by atoms with Crippen LogP contribution >= 0.6 is 22.7 Å². The third-order valence-corrected chi connectivity index (χ3v) is 3.44. The molecule has 0 fully saturated rings. The van der Waals surface area contributed by atoms with Gasteiger partial charge in [-0.25, -0.2) is 6.07 Å². The van der Waals surface area contributed by atoms with E-state index in [0.29, 0.717) is 0 Å². The molecule has 0 atom stereocenters. The van der Waals surface area contributed by atoms with E-state index in [9.17, 15) is 0 Å². The molecule has 0 radical (unpaired) electrons. The molecule has 0 spiro atoms. The minimum Gasteiger partial charge on any atom is -1.00 e. The SMILES string of the molecule is Cc1csc2[c-]csc12.[H-].[Sr+2]. The number of rotatable bonds is 0. The molecular weight excluding hydrogens is 236 g/mol. The second-order valence-electron chi connectivity index (χ2n) is 1.96. The second kappa shape index (κ2) is 3.70. The van der Waals surface area contributed by atoms with Crippen molar-refractivity contribution in [3.8, 4) is 0 Å².